The maximum atomic E-state index is 10.3. The molecule has 0 saturated carbocycles. The maximum Gasteiger partial charge on any atom is 0.335 e. The zero-order valence-electron chi connectivity index (χ0n) is 16.4. The number of carbonyl (C=O) groups is 2. The minimum absolute atomic E-state index is 0.393. The molecule has 5 atom stereocenters. The molecule has 0 fully saturated rings. The van der Waals surface area contributed by atoms with Crippen molar-refractivity contribution in [2.24, 2.45) is 0 Å². The molecule has 0 amide bonds. The van der Waals surface area contributed by atoms with Crippen molar-refractivity contribution in [2.45, 2.75) is 95.2 Å². The Balaban J connectivity index is 0. The molecule has 0 aliphatic rings. The largest absolute Gasteiger partial charge is 0.479 e. The molecule has 0 bridgehead atoms. The van der Waals surface area contributed by atoms with Gasteiger partial charge in [0.05, 0.1) is 6.61 Å². The molecule has 10 heteroatoms. The third kappa shape index (κ3) is 14.7. The molecular weight excluding hydrogens is 376 g/mol. The molecule has 0 aliphatic heterocycles. The molecule has 0 aliphatic carbocycles. The van der Waals surface area contributed by atoms with Crippen molar-refractivity contribution in [1.82, 2.24) is 0 Å². The summed E-state index contributed by atoms with van der Waals surface area (Å²) in [6, 6.07) is 0. The standard InChI is InChI=1S/C12H24O3.C6H12O7/c1-2-3-4-5-6-7-8-9-10-11(13)12(14)15;7-1-2(8)3(9)4(10)5(11)6(12)13/h11,13H,2-10H2,1H3,(H,14,15);2-5,7-11H,1H2,(H,12,13). The van der Waals surface area contributed by atoms with Gasteiger partial charge in [0.25, 0.3) is 0 Å². The monoisotopic (exact) mass is 412 g/mol. The Bertz CT molecular complexity index is 404. The Morgan fingerprint density at radius 1 is 0.714 bits per heavy atom. The van der Waals surface area contributed by atoms with Crippen LogP contribution in [0.3, 0.4) is 0 Å². The van der Waals surface area contributed by atoms with Gasteiger partial charge in [-0.2, -0.15) is 0 Å². The molecule has 10 nitrogen and oxygen atoms in total. The van der Waals surface area contributed by atoms with Crippen molar-refractivity contribution < 1.29 is 50.4 Å². The van der Waals surface area contributed by atoms with Gasteiger partial charge in [0, 0.05) is 0 Å². The Morgan fingerprint density at radius 2 is 1.18 bits per heavy atom. The van der Waals surface area contributed by atoms with E-state index in [-0.39, 0.29) is 0 Å². The number of aliphatic carboxylic acids is 2. The van der Waals surface area contributed by atoms with Gasteiger partial charge in [-0.3, -0.25) is 0 Å². The lowest BCUT2D eigenvalue weighted by Crippen LogP contribution is -2.48. The van der Waals surface area contributed by atoms with Crippen molar-refractivity contribution in [1.29, 1.82) is 0 Å². The van der Waals surface area contributed by atoms with E-state index in [2.05, 4.69) is 6.92 Å². The minimum atomic E-state index is -2.20. The molecule has 0 radical (unpaired) electrons. The fraction of sp³-hybridized carbons (Fsp3) is 0.889. The van der Waals surface area contributed by atoms with E-state index in [1.807, 2.05) is 0 Å². The zero-order valence-corrected chi connectivity index (χ0v) is 16.4. The molecule has 0 spiro atoms. The predicted molar refractivity (Wildman–Crippen MR) is 99.6 cm³/mol. The molecule has 0 aromatic carbocycles. The molecular formula is C18H36O10. The number of aliphatic hydroxyl groups excluding tert-OH is 6. The van der Waals surface area contributed by atoms with Crippen LogP contribution >= 0.6 is 0 Å². The van der Waals surface area contributed by atoms with E-state index in [1.54, 1.807) is 0 Å². The molecule has 0 aromatic heterocycles. The lowest BCUT2D eigenvalue weighted by Gasteiger charge is -2.23. The number of hydrogen-bond donors (Lipinski definition) is 8. The first-order chi connectivity index (χ1) is 13.1. The average molecular weight is 412 g/mol. The normalized spacial score (nSPS) is 16.2. The van der Waals surface area contributed by atoms with Gasteiger partial charge in [-0.25, -0.2) is 9.59 Å². The third-order valence-corrected chi connectivity index (χ3v) is 4.12. The second-order valence-corrected chi connectivity index (χ2v) is 6.63. The lowest BCUT2D eigenvalue weighted by atomic mass is 10.0. The molecule has 0 aromatic rings. The Kier molecular flexibility index (Phi) is 18.4. The van der Waals surface area contributed by atoms with Crippen molar-refractivity contribution in [3.63, 3.8) is 0 Å². The van der Waals surface area contributed by atoms with E-state index in [4.69, 9.17) is 40.9 Å². The zero-order chi connectivity index (χ0) is 22.1. The number of aliphatic hydroxyl groups is 6. The van der Waals surface area contributed by atoms with Gasteiger partial charge in [-0.15, -0.1) is 0 Å². The highest BCUT2D eigenvalue weighted by molar-refractivity contribution is 5.72. The van der Waals surface area contributed by atoms with Crippen LogP contribution in [0.25, 0.3) is 0 Å². The summed E-state index contributed by atoms with van der Waals surface area (Å²) in [7, 11) is 0. The first-order valence-corrected chi connectivity index (χ1v) is 9.56. The third-order valence-electron chi connectivity index (χ3n) is 4.12. The van der Waals surface area contributed by atoms with Crippen molar-refractivity contribution in [2.75, 3.05) is 6.61 Å². The Morgan fingerprint density at radius 3 is 1.57 bits per heavy atom. The van der Waals surface area contributed by atoms with Crippen LogP contribution < -0.4 is 0 Å². The topological polar surface area (TPSA) is 196 Å². The van der Waals surface area contributed by atoms with Crippen LogP contribution in [-0.2, 0) is 9.59 Å². The first kappa shape index (κ1) is 28.9. The van der Waals surface area contributed by atoms with E-state index < -0.39 is 49.1 Å². The number of rotatable bonds is 15. The van der Waals surface area contributed by atoms with Crippen LogP contribution in [0.4, 0.5) is 0 Å². The van der Waals surface area contributed by atoms with Crippen molar-refractivity contribution >= 4 is 11.9 Å². The highest BCUT2D eigenvalue weighted by atomic mass is 16.4. The van der Waals surface area contributed by atoms with Gasteiger partial charge in [0.1, 0.15) is 18.3 Å². The fourth-order valence-electron chi connectivity index (χ4n) is 2.26. The maximum absolute atomic E-state index is 10.3. The predicted octanol–water partition coefficient (Wildman–Crippen LogP) is -0.530. The number of hydrogen-bond acceptors (Lipinski definition) is 8. The van der Waals surface area contributed by atoms with Crippen LogP contribution in [0.1, 0.15) is 64.7 Å². The van der Waals surface area contributed by atoms with E-state index in [0.717, 1.165) is 19.3 Å². The molecule has 5 unspecified atom stereocenters. The molecule has 0 heterocycles. The lowest BCUT2D eigenvalue weighted by molar-refractivity contribution is -0.164. The summed E-state index contributed by atoms with van der Waals surface area (Å²) in [5.41, 5.74) is 0. The van der Waals surface area contributed by atoms with Crippen LogP contribution in [-0.4, -0.2) is 89.9 Å². The van der Waals surface area contributed by atoms with Gasteiger partial charge < -0.3 is 40.9 Å². The van der Waals surface area contributed by atoms with Crippen molar-refractivity contribution in [3.8, 4) is 0 Å². The van der Waals surface area contributed by atoms with Gasteiger partial charge >= 0.3 is 11.9 Å². The smallest absolute Gasteiger partial charge is 0.335 e. The van der Waals surface area contributed by atoms with Crippen LogP contribution in [0, 0.1) is 0 Å². The quantitative estimate of drug-likeness (QED) is 0.162. The van der Waals surface area contributed by atoms with E-state index in [9.17, 15) is 9.59 Å². The molecule has 8 N–H and O–H groups in total. The minimum Gasteiger partial charge on any atom is -0.479 e. The summed E-state index contributed by atoms with van der Waals surface area (Å²) in [5.74, 6) is -2.82. The average Bonchev–Trinajstić information content (AvgIpc) is 2.67. The van der Waals surface area contributed by atoms with E-state index in [0.29, 0.717) is 6.42 Å². The van der Waals surface area contributed by atoms with Crippen LogP contribution in [0.5, 0.6) is 0 Å². The van der Waals surface area contributed by atoms with Gasteiger partial charge in [0.15, 0.2) is 12.2 Å². The van der Waals surface area contributed by atoms with E-state index in [1.165, 1.54) is 32.1 Å². The van der Waals surface area contributed by atoms with Gasteiger partial charge in [-0.1, -0.05) is 58.3 Å². The SMILES string of the molecule is CCCCCCCCCCC(O)C(=O)O.O=C(O)C(O)C(O)C(O)C(O)CO. The summed E-state index contributed by atoms with van der Waals surface area (Å²) in [5, 5.41) is 69.2. The summed E-state index contributed by atoms with van der Waals surface area (Å²) in [4.78, 5) is 20.4. The van der Waals surface area contributed by atoms with Crippen molar-refractivity contribution in [3.05, 3.63) is 0 Å². The number of unbranched alkanes of at least 4 members (excludes halogenated alkanes) is 7. The second kappa shape index (κ2) is 17.8. The second-order valence-electron chi connectivity index (χ2n) is 6.63. The van der Waals surface area contributed by atoms with E-state index >= 15 is 0 Å². The summed E-state index contributed by atoms with van der Waals surface area (Å²) in [6.07, 6.45) is 0.842. The molecule has 0 saturated heterocycles. The van der Waals surface area contributed by atoms with Gasteiger partial charge in [-0.05, 0) is 6.42 Å². The Labute approximate surface area is 165 Å². The summed E-state index contributed by atoms with van der Waals surface area (Å²) < 4.78 is 0. The molecule has 28 heavy (non-hydrogen) atoms. The Hall–Kier alpha value is -1.30. The molecule has 0 rings (SSSR count). The number of carboxylic acids is 2. The van der Waals surface area contributed by atoms with Crippen LogP contribution in [0.2, 0.25) is 0 Å². The highest BCUT2D eigenvalue weighted by Gasteiger charge is 2.33. The van der Waals surface area contributed by atoms with Gasteiger partial charge in [0.2, 0.25) is 0 Å². The van der Waals surface area contributed by atoms with Crippen LogP contribution in [0.15, 0.2) is 0 Å². The molecule has 168 valence electrons. The summed E-state index contributed by atoms with van der Waals surface area (Å²) in [6.45, 7) is 1.36. The number of carboxylic acid groups (broad SMARTS) is 2. The fourth-order valence-corrected chi connectivity index (χ4v) is 2.26. The highest BCUT2D eigenvalue weighted by Crippen LogP contribution is 2.10. The first-order valence-electron chi connectivity index (χ1n) is 9.56. The summed E-state index contributed by atoms with van der Waals surface area (Å²) >= 11 is 0.